The van der Waals surface area contributed by atoms with Gasteiger partial charge in [0.05, 0.1) is 0 Å². The van der Waals surface area contributed by atoms with Gasteiger partial charge in [0.15, 0.2) is 6.10 Å². The van der Waals surface area contributed by atoms with Gasteiger partial charge >= 0.3 is 5.97 Å². The molecule has 108 valence electrons. The van der Waals surface area contributed by atoms with E-state index >= 15 is 0 Å². The molecule has 7 heteroatoms. The number of carbonyl (C=O) groups excluding carboxylic acids is 2. The Labute approximate surface area is 115 Å². The zero-order chi connectivity index (χ0) is 15.1. The van der Waals surface area contributed by atoms with Gasteiger partial charge in [-0.25, -0.2) is 0 Å². The molecule has 2 amide bonds. The summed E-state index contributed by atoms with van der Waals surface area (Å²) < 4.78 is 5.11. The van der Waals surface area contributed by atoms with Gasteiger partial charge in [-0.2, -0.15) is 0 Å². The van der Waals surface area contributed by atoms with Crippen LogP contribution in [0, 0.1) is 0 Å². The average Bonchev–Trinajstić information content (AvgIpc) is 2.39. The molecule has 0 aromatic heterocycles. The number of carboxylic acids is 1. The predicted octanol–water partition coefficient (Wildman–Crippen LogP) is -0.227. The summed E-state index contributed by atoms with van der Waals surface area (Å²) in [6.07, 6.45) is -0.977. The van der Waals surface area contributed by atoms with Crippen LogP contribution in [0.3, 0.4) is 0 Å². The van der Waals surface area contributed by atoms with Gasteiger partial charge in [-0.15, -0.1) is 0 Å². The van der Waals surface area contributed by atoms with E-state index in [0.717, 1.165) is 4.90 Å². The summed E-state index contributed by atoms with van der Waals surface area (Å²) >= 11 is 0. The minimum absolute atomic E-state index is 0.474. The number of carboxylic acid groups (broad SMARTS) is 1. The first-order chi connectivity index (χ1) is 9.45. The molecule has 1 aromatic carbocycles. The van der Waals surface area contributed by atoms with Crippen LogP contribution in [0.2, 0.25) is 0 Å². The molecule has 0 aliphatic heterocycles. The smallest absolute Gasteiger partial charge is 0.323 e. The maximum absolute atomic E-state index is 12.3. The number of methoxy groups -OCH3 is 1. The number of nitrogens with zero attached hydrogens (tertiary/aromatic N) is 1. The highest BCUT2D eigenvalue weighted by Gasteiger charge is 2.28. The van der Waals surface area contributed by atoms with Crippen LogP contribution >= 0.6 is 0 Å². The first-order valence-corrected chi connectivity index (χ1v) is 5.82. The molecule has 7 nitrogen and oxygen atoms in total. The van der Waals surface area contributed by atoms with E-state index in [1.807, 2.05) is 0 Å². The number of nitrogens with two attached hydrogens (primary N) is 1. The lowest BCUT2D eigenvalue weighted by atomic mass is 10.1. The van der Waals surface area contributed by atoms with Crippen LogP contribution in [0.25, 0.3) is 0 Å². The Hall–Kier alpha value is -2.41. The van der Waals surface area contributed by atoms with Crippen LogP contribution in [0.1, 0.15) is 11.7 Å². The molecule has 0 saturated heterocycles. The Morgan fingerprint density at radius 1 is 1.25 bits per heavy atom. The molecule has 0 bridgehead atoms. The van der Waals surface area contributed by atoms with Gasteiger partial charge in [-0.05, 0) is 5.56 Å². The van der Waals surface area contributed by atoms with Crippen LogP contribution in [0.4, 0.5) is 0 Å². The first-order valence-electron chi connectivity index (χ1n) is 5.82. The summed E-state index contributed by atoms with van der Waals surface area (Å²) in [5.74, 6) is -2.65. The second-order valence-corrected chi connectivity index (χ2v) is 4.08. The van der Waals surface area contributed by atoms with Crippen molar-refractivity contribution in [2.24, 2.45) is 5.73 Å². The van der Waals surface area contributed by atoms with Crippen molar-refractivity contribution in [1.29, 1.82) is 0 Å². The molecule has 0 aliphatic rings. The molecule has 0 radical (unpaired) electrons. The second kappa shape index (κ2) is 7.25. The van der Waals surface area contributed by atoms with E-state index in [1.165, 1.54) is 7.11 Å². The van der Waals surface area contributed by atoms with Crippen LogP contribution in [0.5, 0.6) is 0 Å². The highest BCUT2D eigenvalue weighted by atomic mass is 16.5. The first kappa shape index (κ1) is 15.6. The van der Waals surface area contributed by atoms with Gasteiger partial charge in [0, 0.05) is 7.11 Å². The van der Waals surface area contributed by atoms with Crippen molar-refractivity contribution in [1.82, 2.24) is 4.90 Å². The number of hydrogen-bond donors (Lipinski definition) is 2. The maximum Gasteiger partial charge on any atom is 0.323 e. The van der Waals surface area contributed by atoms with Gasteiger partial charge in [-0.3, -0.25) is 14.4 Å². The number of rotatable bonds is 7. The Bertz CT molecular complexity index is 473. The SMILES string of the molecule is COC(C(=O)N(CC(N)=O)CC(=O)O)c1ccccc1. The lowest BCUT2D eigenvalue weighted by molar-refractivity contribution is -0.151. The van der Waals surface area contributed by atoms with Crippen LogP contribution < -0.4 is 5.73 Å². The second-order valence-electron chi connectivity index (χ2n) is 4.08. The average molecular weight is 280 g/mol. The molecule has 0 spiro atoms. The third kappa shape index (κ3) is 4.36. The van der Waals surface area contributed by atoms with E-state index in [0.29, 0.717) is 5.56 Å². The van der Waals surface area contributed by atoms with E-state index < -0.39 is 37.0 Å². The molecule has 0 saturated carbocycles. The zero-order valence-corrected chi connectivity index (χ0v) is 11.0. The summed E-state index contributed by atoms with van der Waals surface area (Å²) in [5.41, 5.74) is 5.59. The molecule has 1 aromatic rings. The van der Waals surface area contributed by atoms with Crippen LogP contribution in [0.15, 0.2) is 30.3 Å². The number of ether oxygens (including phenoxy) is 1. The van der Waals surface area contributed by atoms with Gasteiger partial charge in [0.25, 0.3) is 5.91 Å². The van der Waals surface area contributed by atoms with Gasteiger partial charge in [0.1, 0.15) is 13.1 Å². The largest absolute Gasteiger partial charge is 0.480 e. The molecule has 3 N–H and O–H groups in total. The van der Waals surface area contributed by atoms with E-state index in [4.69, 9.17) is 15.6 Å². The minimum Gasteiger partial charge on any atom is -0.480 e. The van der Waals surface area contributed by atoms with Crippen molar-refractivity contribution in [2.45, 2.75) is 6.10 Å². The fourth-order valence-corrected chi connectivity index (χ4v) is 1.74. The normalized spacial score (nSPS) is 11.7. The Morgan fingerprint density at radius 3 is 2.30 bits per heavy atom. The third-order valence-electron chi connectivity index (χ3n) is 2.55. The molecule has 1 rings (SSSR count). The number of hydrogen-bond acceptors (Lipinski definition) is 4. The molecule has 0 fully saturated rings. The lowest BCUT2D eigenvalue weighted by Gasteiger charge is -2.24. The zero-order valence-electron chi connectivity index (χ0n) is 11.0. The van der Waals surface area contributed by atoms with Crippen molar-refractivity contribution in [3.05, 3.63) is 35.9 Å². The number of carbonyl (C=O) groups is 3. The number of amides is 2. The van der Waals surface area contributed by atoms with Crippen molar-refractivity contribution in [2.75, 3.05) is 20.2 Å². The van der Waals surface area contributed by atoms with Crippen molar-refractivity contribution in [3.63, 3.8) is 0 Å². The summed E-state index contributed by atoms with van der Waals surface area (Å²) in [7, 11) is 1.33. The van der Waals surface area contributed by atoms with Crippen LogP contribution in [-0.4, -0.2) is 48.0 Å². The number of primary amides is 1. The molecule has 0 heterocycles. The summed E-state index contributed by atoms with van der Waals surface area (Å²) in [5, 5.41) is 8.78. The van der Waals surface area contributed by atoms with E-state index in [2.05, 4.69) is 0 Å². The maximum atomic E-state index is 12.3. The highest BCUT2D eigenvalue weighted by molar-refractivity contribution is 5.89. The van der Waals surface area contributed by atoms with E-state index in [9.17, 15) is 14.4 Å². The molecule has 0 aliphatic carbocycles. The van der Waals surface area contributed by atoms with E-state index in [1.54, 1.807) is 30.3 Å². The Balaban J connectivity index is 2.96. The van der Waals surface area contributed by atoms with Gasteiger partial charge in [-0.1, -0.05) is 30.3 Å². The van der Waals surface area contributed by atoms with Crippen LogP contribution in [-0.2, 0) is 19.1 Å². The molecule has 1 atom stereocenters. The molecular formula is C13H16N2O5. The topological polar surface area (TPSA) is 110 Å². The summed E-state index contributed by atoms with van der Waals surface area (Å²) in [6, 6.07) is 8.58. The van der Waals surface area contributed by atoms with Gasteiger partial charge < -0.3 is 20.5 Å². The standard InChI is InChI=1S/C13H16N2O5/c1-20-12(9-5-3-2-4-6-9)13(19)15(7-10(14)16)8-11(17)18/h2-6,12H,7-8H2,1H3,(H2,14,16)(H,17,18). The number of aliphatic carboxylic acids is 1. The van der Waals surface area contributed by atoms with Crippen molar-refractivity contribution < 1.29 is 24.2 Å². The number of benzene rings is 1. The fraction of sp³-hybridized carbons (Fsp3) is 0.308. The van der Waals surface area contributed by atoms with Crippen molar-refractivity contribution >= 4 is 17.8 Å². The quantitative estimate of drug-likeness (QED) is 0.717. The predicted molar refractivity (Wildman–Crippen MR) is 69.6 cm³/mol. The lowest BCUT2D eigenvalue weighted by Crippen LogP contribution is -2.44. The van der Waals surface area contributed by atoms with Gasteiger partial charge in [0.2, 0.25) is 5.91 Å². The summed E-state index contributed by atoms with van der Waals surface area (Å²) in [6.45, 7) is -1.09. The minimum atomic E-state index is -1.23. The third-order valence-corrected chi connectivity index (χ3v) is 2.55. The van der Waals surface area contributed by atoms with Crippen molar-refractivity contribution in [3.8, 4) is 0 Å². The Kier molecular flexibility index (Phi) is 5.67. The highest BCUT2D eigenvalue weighted by Crippen LogP contribution is 2.19. The van der Waals surface area contributed by atoms with E-state index in [-0.39, 0.29) is 0 Å². The molecular weight excluding hydrogens is 264 g/mol. The molecule has 20 heavy (non-hydrogen) atoms. The summed E-state index contributed by atoms with van der Waals surface area (Å²) in [4.78, 5) is 34.8. The fourth-order valence-electron chi connectivity index (χ4n) is 1.74. The Morgan fingerprint density at radius 2 is 1.85 bits per heavy atom. The molecule has 1 unspecified atom stereocenters. The monoisotopic (exact) mass is 280 g/mol.